The highest BCUT2D eigenvalue weighted by Gasteiger charge is 2.30. The van der Waals surface area contributed by atoms with Crippen LogP contribution in [-0.2, 0) is 0 Å². The summed E-state index contributed by atoms with van der Waals surface area (Å²) in [6.07, 6.45) is 5.06. The minimum absolute atomic E-state index is 0.0905. The summed E-state index contributed by atoms with van der Waals surface area (Å²) in [5, 5.41) is 21.3. The molecule has 1 fully saturated rings. The van der Waals surface area contributed by atoms with Crippen molar-refractivity contribution >= 4 is 17.3 Å². The van der Waals surface area contributed by atoms with E-state index in [0.29, 0.717) is 28.8 Å². The molecule has 1 aliphatic rings. The van der Waals surface area contributed by atoms with Gasteiger partial charge in [0.1, 0.15) is 11.1 Å². The average molecular weight is 530 g/mol. The molecule has 37 heavy (non-hydrogen) atoms. The van der Waals surface area contributed by atoms with Gasteiger partial charge in [0, 0.05) is 40.2 Å². The van der Waals surface area contributed by atoms with E-state index in [1.54, 1.807) is 16.9 Å². The fourth-order valence-corrected chi connectivity index (χ4v) is 5.77. The fourth-order valence-electron chi connectivity index (χ4n) is 4.80. The molecule has 0 unspecified atom stereocenters. The summed E-state index contributed by atoms with van der Waals surface area (Å²) >= 11 is 1.12. The van der Waals surface area contributed by atoms with E-state index in [0.717, 1.165) is 41.4 Å². The van der Waals surface area contributed by atoms with Crippen LogP contribution in [0.25, 0.3) is 16.6 Å². The van der Waals surface area contributed by atoms with Crippen molar-refractivity contribution in [3.8, 4) is 17.2 Å². The number of nitriles is 1. The number of hydrogen-bond donors (Lipinski definition) is 1. The maximum atomic E-state index is 14.4. The highest BCUT2D eigenvalue weighted by molar-refractivity contribution is 7.99. The van der Waals surface area contributed by atoms with Crippen molar-refractivity contribution in [1.29, 1.82) is 5.26 Å². The van der Waals surface area contributed by atoms with Gasteiger partial charge in [0.15, 0.2) is 5.82 Å². The first-order valence-corrected chi connectivity index (χ1v) is 12.6. The molecule has 4 heterocycles. The monoisotopic (exact) mass is 529 g/mol. The van der Waals surface area contributed by atoms with Crippen LogP contribution in [0.3, 0.4) is 0 Å². The fraction of sp³-hybridized carbons (Fsp3) is 0.360. The first-order valence-electron chi connectivity index (χ1n) is 11.8. The Kier molecular flexibility index (Phi) is 6.92. The molecule has 1 saturated carbocycles. The summed E-state index contributed by atoms with van der Waals surface area (Å²) < 4.78 is 55.5. The van der Waals surface area contributed by atoms with Crippen molar-refractivity contribution in [2.45, 2.75) is 60.8 Å². The number of nitrogens with one attached hydrogen (secondary N) is 1. The number of pyridine rings is 2. The lowest BCUT2D eigenvalue weighted by molar-refractivity contribution is -0.126. The van der Waals surface area contributed by atoms with Gasteiger partial charge in [-0.05, 0) is 50.8 Å². The molecule has 0 radical (unpaired) electrons. The van der Waals surface area contributed by atoms with E-state index in [9.17, 15) is 22.8 Å². The number of fused-ring (bicyclic) bond motifs is 1. The van der Waals surface area contributed by atoms with Gasteiger partial charge in [0.05, 0.1) is 36.1 Å². The van der Waals surface area contributed by atoms with Crippen LogP contribution in [0, 0.1) is 24.1 Å². The van der Waals surface area contributed by atoms with Gasteiger partial charge in [-0.1, -0.05) is 11.8 Å². The molecule has 0 saturated heterocycles. The molecule has 5 rings (SSSR count). The van der Waals surface area contributed by atoms with Crippen molar-refractivity contribution < 1.29 is 17.6 Å². The lowest BCUT2D eigenvalue weighted by atomic mass is 9.91. The molecule has 1 N–H and O–H groups in total. The van der Waals surface area contributed by atoms with E-state index in [1.807, 2.05) is 17.7 Å². The average Bonchev–Trinajstić information content (AvgIpc) is 3.47. The summed E-state index contributed by atoms with van der Waals surface area (Å²) in [6.45, 7) is 0.981. The maximum Gasteiger partial charge on any atom is 0.401 e. The molecule has 7 nitrogen and oxygen atoms in total. The number of aromatic nitrogens is 5. The van der Waals surface area contributed by atoms with Crippen LogP contribution in [0.2, 0.25) is 0 Å². The Labute approximate surface area is 214 Å². The third kappa shape index (κ3) is 5.33. The van der Waals surface area contributed by atoms with Crippen LogP contribution >= 0.6 is 11.8 Å². The van der Waals surface area contributed by atoms with Crippen molar-refractivity contribution in [1.82, 2.24) is 29.7 Å². The Morgan fingerprint density at radius 3 is 2.68 bits per heavy atom. The van der Waals surface area contributed by atoms with E-state index in [1.165, 1.54) is 24.5 Å². The molecule has 4 aromatic rings. The molecule has 0 spiro atoms. The van der Waals surface area contributed by atoms with Crippen LogP contribution in [0.15, 0.2) is 52.9 Å². The zero-order chi connectivity index (χ0) is 26.2. The zero-order valence-corrected chi connectivity index (χ0v) is 20.7. The molecule has 0 bridgehead atoms. The highest BCUT2D eigenvalue weighted by atomic mass is 32.2. The van der Waals surface area contributed by atoms with Crippen molar-refractivity contribution in [2.24, 2.45) is 0 Å². The highest BCUT2D eigenvalue weighted by Crippen LogP contribution is 2.38. The van der Waals surface area contributed by atoms with E-state index < -0.39 is 18.5 Å². The molecular weight excluding hydrogens is 506 g/mol. The van der Waals surface area contributed by atoms with Gasteiger partial charge in [-0.25, -0.2) is 13.9 Å². The predicted molar refractivity (Wildman–Crippen MR) is 130 cm³/mol. The van der Waals surface area contributed by atoms with E-state index in [4.69, 9.17) is 0 Å². The van der Waals surface area contributed by atoms with E-state index in [-0.39, 0.29) is 17.1 Å². The van der Waals surface area contributed by atoms with Crippen LogP contribution in [0.1, 0.15) is 43.0 Å². The molecule has 0 aromatic carbocycles. The summed E-state index contributed by atoms with van der Waals surface area (Å²) in [5.74, 6) is -0.460. The molecule has 0 atom stereocenters. The van der Waals surface area contributed by atoms with Crippen molar-refractivity contribution in [3.63, 3.8) is 0 Å². The summed E-state index contributed by atoms with van der Waals surface area (Å²) in [4.78, 5) is 4.76. The zero-order valence-electron chi connectivity index (χ0n) is 19.8. The molecule has 1 aliphatic carbocycles. The largest absolute Gasteiger partial charge is 0.401 e. The van der Waals surface area contributed by atoms with E-state index >= 15 is 0 Å². The minimum Gasteiger partial charge on any atom is -0.306 e. The first-order chi connectivity index (χ1) is 17.7. The lowest BCUT2D eigenvalue weighted by Gasteiger charge is -2.30. The maximum absolute atomic E-state index is 14.4. The number of alkyl halides is 3. The number of nitrogens with zero attached hydrogens (tertiary/aromatic N) is 6. The Bertz CT molecular complexity index is 1460. The topological polar surface area (TPSA) is 83.8 Å². The smallest absolute Gasteiger partial charge is 0.306 e. The standard InChI is InChI=1S/C25H23F4N7S/c1-15-20(12-34-36(15)19-6-4-18(5-7-19)32-14-25(27,28)29)16-9-22(37-24-21(26)3-2-8-31-24)23-17(10-30)11-33-35(23)13-16/h2-3,8-9,11-13,18-19,32H,4-7,14H2,1H3. The van der Waals surface area contributed by atoms with Gasteiger partial charge in [-0.2, -0.15) is 28.6 Å². The Morgan fingerprint density at radius 2 is 1.97 bits per heavy atom. The van der Waals surface area contributed by atoms with Gasteiger partial charge in [-0.3, -0.25) is 4.68 Å². The van der Waals surface area contributed by atoms with Crippen LogP contribution in [-0.4, -0.2) is 43.1 Å². The van der Waals surface area contributed by atoms with Gasteiger partial charge < -0.3 is 5.32 Å². The van der Waals surface area contributed by atoms with Crippen molar-refractivity contribution in [2.75, 3.05) is 6.54 Å². The Balaban J connectivity index is 1.42. The van der Waals surface area contributed by atoms with Crippen LogP contribution < -0.4 is 5.32 Å². The lowest BCUT2D eigenvalue weighted by Crippen LogP contribution is -2.39. The molecular formula is C25H23F4N7S. The van der Waals surface area contributed by atoms with E-state index in [2.05, 4.69) is 26.6 Å². The van der Waals surface area contributed by atoms with Crippen LogP contribution in [0.5, 0.6) is 0 Å². The molecule has 4 aromatic heterocycles. The summed E-state index contributed by atoms with van der Waals surface area (Å²) in [7, 11) is 0. The first kappa shape index (κ1) is 25.2. The number of rotatable bonds is 6. The third-order valence-electron chi connectivity index (χ3n) is 6.62. The number of hydrogen-bond acceptors (Lipinski definition) is 6. The number of halogens is 4. The van der Waals surface area contributed by atoms with Gasteiger partial charge in [0.2, 0.25) is 0 Å². The summed E-state index contributed by atoms with van der Waals surface area (Å²) in [5.41, 5.74) is 3.50. The van der Waals surface area contributed by atoms with Gasteiger partial charge in [-0.15, -0.1) is 0 Å². The SMILES string of the molecule is Cc1c(-c2cc(Sc3ncccc3F)c3c(C#N)cnn3c2)cnn1C1CCC(NCC(F)(F)F)CC1. The minimum atomic E-state index is -4.21. The molecule has 12 heteroatoms. The molecule has 0 amide bonds. The quantitative estimate of drug-likeness (QED) is 0.323. The summed E-state index contributed by atoms with van der Waals surface area (Å²) in [6, 6.07) is 6.80. The third-order valence-corrected chi connectivity index (χ3v) is 7.64. The predicted octanol–water partition coefficient (Wildman–Crippen LogP) is 5.70. The molecule has 192 valence electrons. The van der Waals surface area contributed by atoms with Crippen molar-refractivity contribution in [3.05, 3.63) is 60.1 Å². The second-order valence-corrected chi connectivity index (χ2v) is 10.1. The Hall–Kier alpha value is -3.43. The Morgan fingerprint density at radius 1 is 1.19 bits per heavy atom. The van der Waals surface area contributed by atoms with Crippen LogP contribution in [0.4, 0.5) is 17.6 Å². The second kappa shape index (κ2) is 10.1. The normalized spacial score (nSPS) is 18.3. The second-order valence-electron chi connectivity index (χ2n) is 9.04. The molecule has 0 aliphatic heterocycles. The van der Waals surface area contributed by atoms with Gasteiger partial charge >= 0.3 is 6.18 Å². The van der Waals surface area contributed by atoms with Gasteiger partial charge in [0.25, 0.3) is 0 Å².